The summed E-state index contributed by atoms with van der Waals surface area (Å²) in [5, 5.41) is 0. The predicted molar refractivity (Wildman–Crippen MR) is 92.8 cm³/mol. The molecule has 2 aromatic rings. The van der Waals surface area contributed by atoms with Crippen molar-refractivity contribution in [3.8, 4) is 0 Å². The Labute approximate surface area is 147 Å². The van der Waals surface area contributed by atoms with Crippen molar-refractivity contribution >= 4 is 5.91 Å². The fraction of sp³-hybridized carbons (Fsp3) is 0.526. The highest BCUT2D eigenvalue weighted by atomic mass is 16.5. The predicted octanol–water partition coefficient (Wildman–Crippen LogP) is 2.30. The first-order valence-corrected chi connectivity index (χ1v) is 9.01. The Kier molecular flexibility index (Phi) is 4.53. The van der Waals surface area contributed by atoms with Gasteiger partial charge >= 0.3 is 0 Å². The zero-order valence-electron chi connectivity index (χ0n) is 14.5. The summed E-state index contributed by atoms with van der Waals surface area (Å²) in [6.45, 7) is 2.26. The Bertz CT molecular complexity index is 722. The lowest BCUT2D eigenvalue weighted by Crippen LogP contribution is -2.42. The van der Waals surface area contributed by atoms with Crippen molar-refractivity contribution < 1.29 is 9.53 Å². The molecule has 2 fully saturated rings. The number of hydrogen-bond acceptors (Lipinski definition) is 4. The molecule has 1 amide bonds. The maximum atomic E-state index is 13.1. The van der Waals surface area contributed by atoms with E-state index in [1.54, 1.807) is 6.20 Å². The lowest BCUT2D eigenvalue weighted by atomic mass is 9.89. The molecular formula is C19H24N4O2. The Morgan fingerprint density at radius 3 is 2.60 bits per heavy atom. The number of nitrogens with zero attached hydrogens (tertiary/aromatic N) is 4. The van der Waals surface area contributed by atoms with Crippen LogP contribution in [0, 0.1) is 5.92 Å². The van der Waals surface area contributed by atoms with E-state index in [2.05, 4.69) is 22.1 Å². The van der Waals surface area contributed by atoms with Gasteiger partial charge < -0.3 is 14.2 Å². The molecule has 2 saturated heterocycles. The zero-order chi connectivity index (χ0) is 17.2. The molecule has 0 aromatic carbocycles. The monoisotopic (exact) mass is 340 g/mol. The Hall–Kier alpha value is -2.21. The van der Waals surface area contributed by atoms with Crippen LogP contribution in [0.3, 0.4) is 0 Å². The molecule has 4 rings (SSSR count). The van der Waals surface area contributed by atoms with Gasteiger partial charge in [-0.05, 0) is 42.9 Å². The van der Waals surface area contributed by atoms with Crippen molar-refractivity contribution in [3.05, 3.63) is 48.3 Å². The molecule has 25 heavy (non-hydrogen) atoms. The molecule has 2 aromatic heterocycles. The van der Waals surface area contributed by atoms with Crippen LogP contribution in [0.2, 0.25) is 0 Å². The smallest absolute Gasteiger partial charge is 0.228 e. The number of hydrogen-bond donors (Lipinski definition) is 0. The van der Waals surface area contributed by atoms with Crippen molar-refractivity contribution in [2.24, 2.45) is 13.0 Å². The average Bonchev–Trinajstić information content (AvgIpc) is 3.30. The molecule has 0 radical (unpaired) electrons. The lowest BCUT2D eigenvalue weighted by Gasteiger charge is -2.34. The van der Waals surface area contributed by atoms with Crippen LogP contribution in [-0.2, 0) is 16.6 Å². The van der Waals surface area contributed by atoms with Gasteiger partial charge in [0.2, 0.25) is 5.91 Å². The summed E-state index contributed by atoms with van der Waals surface area (Å²) >= 11 is 0. The summed E-state index contributed by atoms with van der Waals surface area (Å²) in [6, 6.07) is 4.17. The molecule has 0 aliphatic carbocycles. The van der Waals surface area contributed by atoms with Gasteiger partial charge in [-0.25, -0.2) is 4.98 Å². The average molecular weight is 340 g/mol. The van der Waals surface area contributed by atoms with E-state index < -0.39 is 0 Å². The first-order valence-electron chi connectivity index (χ1n) is 9.01. The topological polar surface area (TPSA) is 60.3 Å². The van der Waals surface area contributed by atoms with Crippen molar-refractivity contribution in [2.75, 3.05) is 19.7 Å². The molecule has 2 aliphatic rings. The second kappa shape index (κ2) is 6.96. The van der Waals surface area contributed by atoms with Crippen LogP contribution in [0.25, 0.3) is 0 Å². The van der Waals surface area contributed by atoms with Crippen LogP contribution in [0.5, 0.6) is 0 Å². The second-order valence-electron chi connectivity index (χ2n) is 6.96. The van der Waals surface area contributed by atoms with Crippen molar-refractivity contribution in [1.82, 2.24) is 19.4 Å². The highest BCUT2D eigenvalue weighted by Gasteiger charge is 2.40. The van der Waals surface area contributed by atoms with E-state index in [9.17, 15) is 4.79 Å². The third kappa shape index (κ3) is 3.18. The molecule has 6 nitrogen and oxygen atoms in total. The summed E-state index contributed by atoms with van der Waals surface area (Å²) in [7, 11) is 1.95. The Morgan fingerprint density at radius 1 is 1.16 bits per heavy atom. The van der Waals surface area contributed by atoms with E-state index in [4.69, 9.17) is 4.74 Å². The molecule has 2 atom stereocenters. The van der Waals surface area contributed by atoms with E-state index in [0.29, 0.717) is 12.5 Å². The molecule has 0 saturated carbocycles. The van der Waals surface area contributed by atoms with Gasteiger partial charge in [0, 0.05) is 51.5 Å². The quantitative estimate of drug-likeness (QED) is 0.860. The van der Waals surface area contributed by atoms with Crippen LogP contribution in [0.4, 0.5) is 0 Å². The highest BCUT2D eigenvalue weighted by molar-refractivity contribution is 5.80. The maximum Gasteiger partial charge on any atom is 0.228 e. The number of aryl methyl sites for hydroxylation is 1. The van der Waals surface area contributed by atoms with Gasteiger partial charge in [0.05, 0.1) is 5.92 Å². The van der Waals surface area contributed by atoms with Gasteiger partial charge in [-0.3, -0.25) is 9.78 Å². The van der Waals surface area contributed by atoms with Crippen LogP contribution < -0.4 is 0 Å². The van der Waals surface area contributed by atoms with Gasteiger partial charge in [0.25, 0.3) is 0 Å². The van der Waals surface area contributed by atoms with Crippen molar-refractivity contribution in [1.29, 1.82) is 0 Å². The SMILES string of the molecule is Cn1ccnc1[C@@H]1OCC[C@H]1C(=O)N1CCC(c2ccncc2)CC1. The summed E-state index contributed by atoms with van der Waals surface area (Å²) in [6.07, 6.45) is 9.94. The van der Waals surface area contributed by atoms with E-state index in [1.165, 1.54) is 5.56 Å². The molecule has 0 N–H and O–H groups in total. The standard InChI is InChI=1S/C19H24N4O2/c1-22-12-9-21-18(22)17-16(6-13-25-17)19(24)23-10-4-15(5-11-23)14-2-7-20-8-3-14/h2-3,7-9,12,15-17H,4-6,10-11,13H2,1H3/t16-,17-/m1/s1. The van der Waals surface area contributed by atoms with Crippen LogP contribution in [-0.4, -0.2) is 45.0 Å². The highest BCUT2D eigenvalue weighted by Crippen LogP contribution is 2.36. The van der Waals surface area contributed by atoms with Gasteiger partial charge in [0.1, 0.15) is 11.9 Å². The van der Waals surface area contributed by atoms with Gasteiger partial charge in [-0.2, -0.15) is 0 Å². The molecule has 4 heterocycles. The van der Waals surface area contributed by atoms with E-state index in [1.807, 2.05) is 35.1 Å². The number of likely N-dealkylation sites (tertiary alicyclic amines) is 1. The molecule has 0 bridgehead atoms. The van der Waals surface area contributed by atoms with Crippen LogP contribution in [0.1, 0.15) is 42.7 Å². The number of aromatic nitrogens is 3. The third-order valence-corrected chi connectivity index (χ3v) is 5.51. The van der Waals surface area contributed by atoms with E-state index in [-0.39, 0.29) is 17.9 Å². The minimum Gasteiger partial charge on any atom is -0.369 e. The van der Waals surface area contributed by atoms with Gasteiger partial charge in [0.15, 0.2) is 0 Å². The third-order valence-electron chi connectivity index (χ3n) is 5.51. The summed E-state index contributed by atoms with van der Waals surface area (Å²) in [5.74, 6) is 1.48. The number of amides is 1. The Balaban J connectivity index is 1.41. The van der Waals surface area contributed by atoms with Gasteiger partial charge in [-0.15, -0.1) is 0 Å². The number of carbonyl (C=O) groups is 1. The fourth-order valence-corrected chi connectivity index (χ4v) is 4.05. The minimum atomic E-state index is -0.217. The number of piperidine rings is 1. The van der Waals surface area contributed by atoms with Gasteiger partial charge in [-0.1, -0.05) is 0 Å². The molecule has 132 valence electrons. The first kappa shape index (κ1) is 16.3. The normalized spacial score (nSPS) is 24.6. The number of rotatable bonds is 3. The number of pyridine rings is 1. The largest absolute Gasteiger partial charge is 0.369 e. The molecular weight excluding hydrogens is 316 g/mol. The number of ether oxygens (including phenoxy) is 1. The lowest BCUT2D eigenvalue weighted by molar-refractivity contribution is -0.138. The fourth-order valence-electron chi connectivity index (χ4n) is 4.05. The molecule has 2 aliphatic heterocycles. The number of carbonyl (C=O) groups excluding carboxylic acids is 1. The summed E-state index contributed by atoms with van der Waals surface area (Å²) in [5.41, 5.74) is 1.33. The van der Waals surface area contributed by atoms with Crippen LogP contribution in [0.15, 0.2) is 36.9 Å². The molecule has 0 spiro atoms. The minimum absolute atomic E-state index is 0.112. The zero-order valence-corrected chi connectivity index (χ0v) is 14.5. The molecule has 0 unspecified atom stereocenters. The van der Waals surface area contributed by atoms with Crippen LogP contribution >= 0.6 is 0 Å². The number of imidazole rings is 1. The maximum absolute atomic E-state index is 13.1. The van der Waals surface area contributed by atoms with Crippen molar-refractivity contribution in [2.45, 2.75) is 31.3 Å². The second-order valence-corrected chi connectivity index (χ2v) is 6.96. The summed E-state index contributed by atoms with van der Waals surface area (Å²) in [4.78, 5) is 23.6. The molecule has 6 heteroatoms. The van der Waals surface area contributed by atoms with E-state index >= 15 is 0 Å². The Morgan fingerprint density at radius 2 is 1.92 bits per heavy atom. The van der Waals surface area contributed by atoms with E-state index in [0.717, 1.165) is 38.2 Å². The van der Waals surface area contributed by atoms with Crippen molar-refractivity contribution in [3.63, 3.8) is 0 Å². The first-order chi connectivity index (χ1) is 12.2. The summed E-state index contributed by atoms with van der Waals surface area (Å²) < 4.78 is 7.81.